The largest absolute Gasteiger partial charge is 0.466 e. The fourth-order valence-corrected chi connectivity index (χ4v) is 3.08. The molecule has 1 aliphatic carbocycles. The number of hydrogen-bond donors (Lipinski definition) is 2. The summed E-state index contributed by atoms with van der Waals surface area (Å²) in [7, 11) is 0. The minimum Gasteiger partial charge on any atom is -0.466 e. The summed E-state index contributed by atoms with van der Waals surface area (Å²) in [6.07, 6.45) is 3.28. The number of fused-ring (bicyclic) bond motifs is 1. The normalized spacial score (nSPS) is 21.7. The third-order valence-electron chi connectivity index (χ3n) is 4.34. The van der Waals surface area contributed by atoms with Crippen molar-refractivity contribution in [2.24, 2.45) is 17.1 Å². The van der Waals surface area contributed by atoms with Gasteiger partial charge in [0, 0.05) is 18.4 Å². The van der Waals surface area contributed by atoms with Gasteiger partial charge < -0.3 is 15.5 Å². The van der Waals surface area contributed by atoms with Crippen LogP contribution in [0.3, 0.4) is 0 Å². The Hall–Kier alpha value is -1.29. The van der Waals surface area contributed by atoms with E-state index >= 15 is 0 Å². The molecule has 0 aromatic carbocycles. The molecule has 1 aliphatic rings. The van der Waals surface area contributed by atoms with Crippen molar-refractivity contribution in [1.29, 1.82) is 0 Å². The third kappa shape index (κ3) is 4.10. The van der Waals surface area contributed by atoms with Gasteiger partial charge in [0.2, 0.25) is 5.91 Å². The van der Waals surface area contributed by atoms with Crippen LogP contribution in [-0.2, 0) is 11.2 Å². The third-order valence-corrected chi connectivity index (χ3v) is 4.34. The fraction of sp³-hybridized carbons (Fsp3) is 0.706. The van der Waals surface area contributed by atoms with Gasteiger partial charge in [-0.25, -0.2) is 0 Å². The zero-order valence-corrected chi connectivity index (χ0v) is 13.7. The number of furan rings is 1. The summed E-state index contributed by atoms with van der Waals surface area (Å²) in [6.45, 7) is 9.13. The smallest absolute Gasteiger partial charge is 0.220 e. The Bertz CT molecular complexity index is 505. The van der Waals surface area contributed by atoms with Crippen LogP contribution in [0.4, 0.5) is 0 Å². The Labute approximate surface area is 127 Å². The van der Waals surface area contributed by atoms with Crippen LogP contribution in [0, 0.1) is 18.3 Å². The van der Waals surface area contributed by atoms with Crippen LogP contribution in [0.2, 0.25) is 0 Å². The molecule has 0 fully saturated rings. The molecule has 0 aliphatic heterocycles. The zero-order valence-electron chi connectivity index (χ0n) is 13.7. The van der Waals surface area contributed by atoms with Gasteiger partial charge in [-0.2, -0.15) is 0 Å². The molecule has 0 radical (unpaired) electrons. The lowest BCUT2D eigenvalue weighted by molar-refractivity contribution is -0.122. The number of rotatable bonds is 5. The van der Waals surface area contributed by atoms with E-state index in [1.165, 1.54) is 0 Å². The maximum absolute atomic E-state index is 12.2. The quantitative estimate of drug-likeness (QED) is 0.876. The molecule has 4 heteroatoms. The van der Waals surface area contributed by atoms with Crippen molar-refractivity contribution in [2.45, 2.75) is 59.4 Å². The Morgan fingerprint density at radius 3 is 2.95 bits per heavy atom. The average Bonchev–Trinajstić information content (AvgIpc) is 2.74. The lowest BCUT2D eigenvalue weighted by Crippen LogP contribution is -2.36. The molecule has 0 saturated carbocycles. The van der Waals surface area contributed by atoms with Crippen molar-refractivity contribution in [3.05, 3.63) is 23.2 Å². The first-order valence-corrected chi connectivity index (χ1v) is 7.89. The van der Waals surface area contributed by atoms with Crippen molar-refractivity contribution in [3.63, 3.8) is 0 Å². The molecular formula is C17H28N2O2. The Morgan fingerprint density at radius 1 is 1.57 bits per heavy atom. The van der Waals surface area contributed by atoms with Gasteiger partial charge in [0.05, 0.1) is 6.04 Å². The molecular weight excluding hydrogens is 264 g/mol. The molecule has 0 bridgehead atoms. The van der Waals surface area contributed by atoms with E-state index < -0.39 is 0 Å². The predicted molar refractivity (Wildman–Crippen MR) is 83.9 cm³/mol. The molecule has 2 rings (SSSR count). The van der Waals surface area contributed by atoms with E-state index in [2.05, 4.69) is 32.2 Å². The van der Waals surface area contributed by atoms with Crippen molar-refractivity contribution in [1.82, 2.24) is 5.32 Å². The van der Waals surface area contributed by atoms with Crippen molar-refractivity contribution in [2.75, 3.05) is 6.54 Å². The van der Waals surface area contributed by atoms with E-state index in [0.717, 1.165) is 36.3 Å². The van der Waals surface area contributed by atoms with Crippen LogP contribution in [0.1, 0.15) is 63.2 Å². The van der Waals surface area contributed by atoms with Gasteiger partial charge >= 0.3 is 0 Å². The first-order chi connectivity index (χ1) is 9.80. The number of carbonyl (C=O) groups is 1. The highest BCUT2D eigenvalue weighted by Crippen LogP contribution is 2.42. The first-order valence-electron chi connectivity index (χ1n) is 7.89. The molecule has 1 heterocycles. The van der Waals surface area contributed by atoms with Crippen LogP contribution in [-0.4, -0.2) is 12.5 Å². The van der Waals surface area contributed by atoms with E-state index in [-0.39, 0.29) is 17.4 Å². The van der Waals surface area contributed by atoms with Crippen molar-refractivity contribution < 1.29 is 9.21 Å². The van der Waals surface area contributed by atoms with Gasteiger partial charge in [0.15, 0.2) is 0 Å². The summed E-state index contributed by atoms with van der Waals surface area (Å²) < 4.78 is 5.80. The summed E-state index contributed by atoms with van der Waals surface area (Å²) in [5, 5.41) is 3.18. The van der Waals surface area contributed by atoms with Crippen LogP contribution in [0.15, 0.2) is 10.5 Å². The predicted octanol–water partition coefficient (Wildman–Crippen LogP) is 3.09. The molecule has 0 spiro atoms. The van der Waals surface area contributed by atoms with E-state index in [0.29, 0.717) is 18.9 Å². The summed E-state index contributed by atoms with van der Waals surface area (Å²) >= 11 is 0. The summed E-state index contributed by atoms with van der Waals surface area (Å²) in [5.74, 6) is 2.46. The number of hydrogen-bond acceptors (Lipinski definition) is 3. The molecule has 0 saturated heterocycles. The molecule has 2 unspecified atom stereocenters. The number of amides is 1. The second kappa shape index (κ2) is 6.22. The lowest BCUT2D eigenvalue weighted by atomic mass is 9.74. The zero-order chi connectivity index (χ0) is 15.6. The molecule has 21 heavy (non-hydrogen) atoms. The molecule has 1 amide bonds. The van der Waals surface area contributed by atoms with Gasteiger partial charge in [-0.05, 0) is 43.7 Å². The van der Waals surface area contributed by atoms with E-state index in [1.807, 2.05) is 6.92 Å². The maximum atomic E-state index is 12.2. The second-order valence-electron chi connectivity index (χ2n) is 7.28. The van der Waals surface area contributed by atoms with Crippen LogP contribution < -0.4 is 11.1 Å². The molecule has 1 aromatic heterocycles. The SMILES string of the molecule is Cc1cc2c(o1)CC(C)(C)CC2NC(=O)CCC(C)CN. The van der Waals surface area contributed by atoms with E-state index in [1.54, 1.807) is 0 Å². The molecule has 2 atom stereocenters. The highest BCUT2D eigenvalue weighted by Gasteiger charge is 2.35. The van der Waals surface area contributed by atoms with E-state index in [9.17, 15) is 4.79 Å². The van der Waals surface area contributed by atoms with Gasteiger partial charge in [0.1, 0.15) is 11.5 Å². The topological polar surface area (TPSA) is 68.3 Å². The Kier molecular flexibility index (Phi) is 4.77. The number of nitrogens with one attached hydrogen (secondary N) is 1. The Morgan fingerprint density at radius 2 is 2.29 bits per heavy atom. The van der Waals surface area contributed by atoms with Crippen LogP contribution >= 0.6 is 0 Å². The summed E-state index contributed by atoms with van der Waals surface area (Å²) in [6, 6.07) is 2.14. The van der Waals surface area contributed by atoms with Crippen molar-refractivity contribution in [3.8, 4) is 0 Å². The number of carbonyl (C=O) groups excluding carboxylic acids is 1. The highest BCUT2D eigenvalue weighted by molar-refractivity contribution is 5.76. The second-order valence-corrected chi connectivity index (χ2v) is 7.28. The monoisotopic (exact) mass is 292 g/mol. The minimum atomic E-state index is 0.0712. The first kappa shape index (κ1) is 16.1. The van der Waals surface area contributed by atoms with Gasteiger partial charge in [-0.1, -0.05) is 20.8 Å². The van der Waals surface area contributed by atoms with Gasteiger partial charge in [-0.15, -0.1) is 0 Å². The molecule has 3 N–H and O–H groups in total. The summed E-state index contributed by atoms with van der Waals surface area (Å²) in [5.41, 5.74) is 6.91. The fourth-order valence-electron chi connectivity index (χ4n) is 3.08. The Balaban J connectivity index is 2.03. The summed E-state index contributed by atoms with van der Waals surface area (Å²) in [4.78, 5) is 12.2. The molecule has 4 nitrogen and oxygen atoms in total. The number of nitrogens with two attached hydrogens (primary N) is 1. The maximum Gasteiger partial charge on any atom is 0.220 e. The van der Waals surface area contributed by atoms with Crippen LogP contribution in [0.5, 0.6) is 0 Å². The minimum absolute atomic E-state index is 0.0712. The standard InChI is InChI=1S/C17H28N2O2/c1-11(10-18)5-6-16(20)19-14-8-17(3,4)9-15-13(14)7-12(2)21-15/h7,11,14H,5-6,8-10,18H2,1-4H3,(H,19,20). The van der Waals surface area contributed by atoms with Gasteiger partial charge in [0.25, 0.3) is 0 Å². The average molecular weight is 292 g/mol. The van der Waals surface area contributed by atoms with Crippen LogP contribution in [0.25, 0.3) is 0 Å². The molecule has 118 valence electrons. The number of aryl methyl sites for hydroxylation is 1. The highest BCUT2D eigenvalue weighted by atomic mass is 16.3. The molecule has 1 aromatic rings. The van der Waals surface area contributed by atoms with Gasteiger partial charge in [-0.3, -0.25) is 4.79 Å². The van der Waals surface area contributed by atoms with E-state index in [4.69, 9.17) is 10.2 Å². The lowest BCUT2D eigenvalue weighted by Gasteiger charge is -2.34. The van der Waals surface area contributed by atoms with Crippen molar-refractivity contribution >= 4 is 5.91 Å².